The summed E-state index contributed by atoms with van der Waals surface area (Å²) in [6.45, 7) is 2.40. The van der Waals surface area contributed by atoms with E-state index >= 15 is 0 Å². The molecule has 0 heterocycles. The Hall–Kier alpha value is -2.53. The molecule has 0 saturated heterocycles. The van der Waals surface area contributed by atoms with Gasteiger partial charge in [0.15, 0.2) is 0 Å². The van der Waals surface area contributed by atoms with E-state index in [2.05, 4.69) is 10.5 Å². The predicted molar refractivity (Wildman–Crippen MR) is 107 cm³/mol. The molecule has 0 aliphatic rings. The minimum Gasteiger partial charge on any atom is -0.493 e. The van der Waals surface area contributed by atoms with Crippen LogP contribution in [-0.4, -0.2) is 32.8 Å². The minimum absolute atomic E-state index is 0.136. The summed E-state index contributed by atoms with van der Waals surface area (Å²) in [7, 11) is 3.97. The molecule has 0 aliphatic heterocycles. The summed E-state index contributed by atoms with van der Waals surface area (Å²) in [4.78, 5) is 13.8. The lowest BCUT2D eigenvalue weighted by Crippen LogP contribution is -2.18. The fourth-order valence-electron chi connectivity index (χ4n) is 2.28. The van der Waals surface area contributed by atoms with Crippen molar-refractivity contribution in [1.29, 1.82) is 0 Å². The number of hydrazone groups is 1. The summed E-state index contributed by atoms with van der Waals surface area (Å²) in [5.74, 6) is 0.650. The van der Waals surface area contributed by atoms with E-state index in [0.29, 0.717) is 24.5 Å². The maximum absolute atomic E-state index is 11.8. The van der Waals surface area contributed by atoms with Gasteiger partial charge < -0.3 is 9.64 Å². The van der Waals surface area contributed by atoms with Gasteiger partial charge in [0.1, 0.15) is 5.75 Å². The first-order valence-electron chi connectivity index (χ1n) is 8.44. The van der Waals surface area contributed by atoms with Gasteiger partial charge in [-0.15, -0.1) is 0 Å². The lowest BCUT2D eigenvalue weighted by Gasteiger charge is -2.11. The minimum atomic E-state index is -0.136. The highest BCUT2D eigenvalue weighted by molar-refractivity contribution is 6.30. The normalized spacial score (nSPS) is 10.8. The van der Waals surface area contributed by atoms with E-state index in [1.54, 1.807) is 12.3 Å². The molecule has 6 heteroatoms. The van der Waals surface area contributed by atoms with Gasteiger partial charge in [0, 0.05) is 31.2 Å². The van der Waals surface area contributed by atoms with E-state index < -0.39 is 0 Å². The molecule has 0 aliphatic carbocycles. The molecule has 0 radical (unpaired) electrons. The number of halogens is 1. The Morgan fingerprint density at radius 2 is 1.96 bits per heavy atom. The zero-order valence-electron chi connectivity index (χ0n) is 15.3. The van der Waals surface area contributed by atoms with Crippen LogP contribution in [0.25, 0.3) is 0 Å². The summed E-state index contributed by atoms with van der Waals surface area (Å²) in [6, 6.07) is 13.4. The largest absolute Gasteiger partial charge is 0.493 e. The number of benzene rings is 2. The van der Waals surface area contributed by atoms with Crippen LogP contribution in [-0.2, 0) is 4.79 Å². The number of anilines is 1. The molecule has 0 fully saturated rings. The second-order valence-electron chi connectivity index (χ2n) is 6.14. The lowest BCUT2D eigenvalue weighted by molar-refractivity contribution is -0.121. The molecule has 2 aromatic rings. The summed E-state index contributed by atoms with van der Waals surface area (Å²) >= 11 is 5.91. The first-order valence-corrected chi connectivity index (χ1v) is 8.82. The Bertz CT molecular complexity index is 758. The molecule has 0 bridgehead atoms. The van der Waals surface area contributed by atoms with Gasteiger partial charge in [-0.3, -0.25) is 4.79 Å². The van der Waals surface area contributed by atoms with Crippen LogP contribution in [0.15, 0.2) is 47.6 Å². The molecule has 0 saturated carbocycles. The second-order valence-corrected chi connectivity index (χ2v) is 6.58. The molecule has 0 atom stereocenters. The van der Waals surface area contributed by atoms with E-state index in [0.717, 1.165) is 22.6 Å². The fraction of sp³-hybridized carbons (Fsp3) is 0.300. The van der Waals surface area contributed by atoms with Crippen LogP contribution in [0.1, 0.15) is 24.0 Å². The van der Waals surface area contributed by atoms with Crippen LogP contribution < -0.4 is 15.1 Å². The highest BCUT2D eigenvalue weighted by Crippen LogP contribution is 2.21. The zero-order valence-corrected chi connectivity index (χ0v) is 16.1. The van der Waals surface area contributed by atoms with Crippen LogP contribution in [0.4, 0.5) is 5.69 Å². The van der Waals surface area contributed by atoms with Gasteiger partial charge in [0.05, 0.1) is 12.8 Å². The zero-order chi connectivity index (χ0) is 18.9. The molecule has 5 nitrogen and oxygen atoms in total. The third kappa shape index (κ3) is 6.41. The van der Waals surface area contributed by atoms with Crippen molar-refractivity contribution in [3.8, 4) is 5.75 Å². The van der Waals surface area contributed by atoms with Crippen LogP contribution >= 0.6 is 11.6 Å². The van der Waals surface area contributed by atoms with Crippen molar-refractivity contribution in [3.05, 3.63) is 58.6 Å². The highest BCUT2D eigenvalue weighted by Gasteiger charge is 2.03. The van der Waals surface area contributed by atoms with Crippen molar-refractivity contribution in [2.24, 2.45) is 5.10 Å². The van der Waals surface area contributed by atoms with Gasteiger partial charge in [-0.25, -0.2) is 5.43 Å². The number of amides is 1. The fourth-order valence-corrected chi connectivity index (χ4v) is 2.51. The SMILES string of the molecule is Cc1cc(Cl)ccc1OCCCC(=O)NN=Cc1ccc(N(C)C)cc1. The summed E-state index contributed by atoms with van der Waals surface area (Å²) in [5, 5.41) is 4.67. The van der Waals surface area contributed by atoms with Gasteiger partial charge in [0.2, 0.25) is 5.91 Å². The second kappa shape index (κ2) is 9.82. The van der Waals surface area contributed by atoms with E-state index in [-0.39, 0.29) is 5.91 Å². The Morgan fingerprint density at radius 1 is 1.23 bits per heavy atom. The van der Waals surface area contributed by atoms with Crippen molar-refractivity contribution in [1.82, 2.24) is 5.43 Å². The number of ether oxygens (including phenoxy) is 1. The van der Waals surface area contributed by atoms with Crippen LogP contribution in [0.5, 0.6) is 5.75 Å². The van der Waals surface area contributed by atoms with Crippen molar-refractivity contribution in [2.75, 3.05) is 25.6 Å². The molecule has 0 aromatic heterocycles. The Kier molecular flexibility index (Phi) is 7.48. The van der Waals surface area contributed by atoms with Crippen LogP contribution in [0.2, 0.25) is 5.02 Å². The lowest BCUT2D eigenvalue weighted by atomic mass is 10.2. The number of nitrogens with zero attached hydrogens (tertiary/aromatic N) is 2. The van der Waals surface area contributed by atoms with Gasteiger partial charge >= 0.3 is 0 Å². The smallest absolute Gasteiger partial charge is 0.240 e. The third-order valence-corrected chi connectivity index (χ3v) is 3.99. The van der Waals surface area contributed by atoms with E-state index in [9.17, 15) is 4.79 Å². The number of hydrogen-bond acceptors (Lipinski definition) is 4. The van der Waals surface area contributed by atoms with Crippen LogP contribution in [0.3, 0.4) is 0 Å². The average Bonchev–Trinajstić information content (AvgIpc) is 2.60. The van der Waals surface area contributed by atoms with Crippen molar-refractivity contribution >= 4 is 29.4 Å². The summed E-state index contributed by atoms with van der Waals surface area (Å²) < 4.78 is 5.67. The number of rotatable bonds is 8. The predicted octanol–water partition coefficient (Wildman–Crippen LogP) is 4.02. The Labute approximate surface area is 159 Å². The van der Waals surface area contributed by atoms with E-state index in [1.807, 2.05) is 62.3 Å². The third-order valence-electron chi connectivity index (χ3n) is 3.76. The van der Waals surface area contributed by atoms with Gasteiger partial charge in [-0.05, 0) is 54.8 Å². The number of aryl methyl sites for hydroxylation is 1. The van der Waals surface area contributed by atoms with Crippen LogP contribution in [0, 0.1) is 6.92 Å². The topological polar surface area (TPSA) is 53.9 Å². The first-order chi connectivity index (χ1) is 12.5. The molecular weight excluding hydrogens is 350 g/mol. The van der Waals surface area contributed by atoms with Gasteiger partial charge in [0.25, 0.3) is 0 Å². The summed E-state index contributed by atoms with van der Waals surface area (Å²) in [5.41, 5.74) is 5.55. The maximum atomic E-state index is 11.8. The highest BCUT2D eigenvalue weighted by atomic mass is 35.5. The molecule has 0 unspecified atom stereocenters. The van der Waals surface area contributed by atoms with Gasteiger partial charge in [-0.1, -0.05) is 23.7 Å². The summed E-state index contributed by atoms with van der Waals surface area (Å²) in [6.07, 6.45) is 2.59. The Balaban J connectivity index is 1.68. The quantitative estimate of drug-likeness (QED) is 0.432. The van der Waals surface area contributed by atoms with Gasteiger partial charge in [-0.2, -0.15) is 5.10 Å². The molecule has 2 aromatic carbocycles. The van der Waals surface area contributed by atoms with Crippen molar-refractivity contribution < 1.29 is 9.53 Å². The molecule has 138 valence electrons. The number of carbonyl (C=O) groups is 1. The number of hydrogen-bond donors (Lipinski definition) is 1. The van der Waals surface area contributed by atoms with E-state index in [1.165, 1.54) is 0 Å². The molecule has 1 N–H and O–H groups in total. The Morgan fingerprint density at radius 3 is 2.62 bits per heavy atom. The molecule has 1 amide bonds. The first kappa shape index (κ1) is 19.8. The molecule has 2 rings (SSSR count). The molecule has 0 spiro atoms. The molecule has 26 heavy (non-hydrogen) atoms. The standard InChI is InChI=1S/C20H24ClN3O2/c1-15-13-17(21)8-11-19(15)26-12-4-5-20(25)23-22-14-16-6-9-18(10-7-16)24(2)3/h6-11,13-14H,4-5,12H2,1-3H3,(H,23,25). The molecular formula is C20H24ClN3O2. The van der Waals surface area contributed by atoms with Crippen molar-refractivity contribution in [3.63, 3.8) is 0 Å². The monoisotopic (exact) mass is 373 g/mol. The number of nitrogens with one attached hydrogen (secondary N) is 1. The van der Waals surface area contributed by atoms with E-state index in [4.69, 9.17) is 16.3 Å². The number of carbonyl (C=O) groups excluding carboxylic acids is 1. The maximum Gasteiger partial charge on any atom is 0.240 e. The average molecular weight is 374 g/mol. The van der Waals surface area contributed by atoms with Crippen molar-refractivity contribution in [2.45, 2.75) is 19.8 Å².